The van der Waals surface area contributed by atoms with E-state index in [9.17, 15) is 22.4 Å². The minimum absolute atomic E-state index is 0.202. The first-order chi connectivity index (χ1) is 8.35. The van der Waals surface area contributed by atoms with Crippen LogP contribution in [0.2, 0.25) is 0 Å². The normalized spacial score (nSPS) is 15.3. The lowest BCUT2D eigenvalue weighted by atomic mass is 10.2. The van der Waals surface area contributed by atoms with Crippen LogP contribution in [0.3, 0.4) is 0 Å². The van der Waals surface area contributed by atoms with E-state index >= 15 is 0 Å². The van der Waals surface area contributed by atoms with Crippen molar-refractivity contribution < 1.29 is 27.1 Å². The third-order valence-corrected chi connectivity index (χ3v) is 2.37. The van der Waals surface area contributed by atoms with Gasteiger partial charge in [0.05, 0.1) is 5.69 Å². The number of rotatable bonds is 3. The number of anilines is 1. The van der Waals surface area contributed by atoms with E-state index in [-0.39, 0.29) is 11.6 Å². The van der Waals surface area contributed by atoms with Gasteiger partial charge in [-0.2, -0.15) is 0 Å². The summed E-state index contributed by atoms with van der Waals surface area (Å²) in [6.07, 6.45) is -3.51. The summed E-state index contributed by atoms with van der Waals surface area (Å²) < 4.78 is 53.0. The highest BCUT2D eigenvalue weighted by atomic mass is 19.4. The number of carbonyl (C=O) groups is 1. The Morgan fingerprint density at radius 1 is 1.33 bits per heavy atom. The number of amides is 1. The predicted molar refractivity (Wildman–Crippen MR) is 54.4 cm³/mol. The van der Waals surface area contributed by atoms with Gasteiger partial charge in [0.1, 0.15) is 5.82 Å². The SMILES string of the molecule is O=C(Nc1cc(F)ccc1OC(F)(F)F)C1CC1. The molecular formula is C11H9F4NO2. The first kappa shape index (κ1) is 12.7. The van der Waals surface area contributed by atoms with Gasteiger partial charge < -0.3 is 10.1 Å². The Kier molecular flexibility index (Phi) is 3.14. The molecule has 0 aliphatic heterocycles. The van der Waals surface area contributed by atoms with E-state index in [4.69, 9.17) is 0 Å². The molecule has 18 heavy (non-hydrogen) atoms. The van der Waals surface area contributed by atoms with E-state index in [0.29, 0.717) is 12.8 Å². The van der Waals surface area contributed by atoms with E-state index in [1.165, 1.54) is 0 Å². The fraction of sp³-hybridized carbons (Fsp3) is 0.364. The highest BCUT2D eigenvalue weighted by Crippen LogP contribution is 2.34. The summed E-state index contributed by atoms with van der Waals surface area (Å²) in [5.41, 5.74) is -0.316. The number of halogens is 4. The first-order valence-corrected chi connectivity index (χ1v) is 5.21. The Morgan fingerprint density at radius 2 is 2.00 bits per heavy atom. The Balaban J connectivity index is 2.19. The quantitative estimate of drug-likeness (QED) is 0.851. The zero-order chi connectivity index (χ0) is 13.3. The second-order valence-corrected chi connectivity index (χ2v) is 3.95. The van der Waals surface area contributed by atoms with Gasteiger partial charge in [0.25, 0.3) is 0 Å². The van der Waals surface area contributed by atoms with Crippen LogP contribution >= 0.6 is 0 Å². The molecule has 0 heterocycles. The molecule has 1 fully saturated rings. The van der Waals surface area contributed by atoms with E-state index in [1.807, 2.05) is 0 Å². The number of carbonyl (C=O) groups excluding carboxylic acids is 1. The van der Waals surface area contributed by atoms with Crippen LogP contribution in [-0.2, 0) is 4.79 Å². The van der Waals surface area contributed by atoms with Gasteiger partial charge in [-0.3, -0.25) is 4.79 Å². The molecule has 1 N–H and O–H groups in total. The number of ether oxygens (including phenoxy) is 1. The highest BCUT2D eigenvalue weighted by molar-refractivity contribution is 5.95. The third-order valence-electron chi connectivity index (χ3n) is 2.37. The molecule has 0 unspecified atom stereocenters. The number of hydrogen-bond donors (Lipinski definition) is 1. The van der Waals surface area contributed by atoms with Gasteiger partial charge in [-0.15, -0.1) is 13.2 Å². The van der Waals surface area contributed by atoms with Crippen molar-refractivity contribution in [2.75, 3.05) is 5.32 Å². The van der Waals surface area contributed by atoms with Crippen molar-refractivity contribution in [3.05, 3.63) is 24.0 Å². The Morgan fingerprint density at radius 3 is 2.56 bits per heavy atom. The molecule has 1 amide bonds. The van der Waals surface area contributed by atoms with Crippen molar-refractivity contribution in [3.8, 4) is 5.75 Å². The van der Waals surface area contributed by atoms with Crippen molar-refractivity contribution in [2.24, 2.45) is 5.92 Å². The van der Waals surface area contributed by atoms with Crippen LogP contribution < -0.4 is 10.1 Å². The molecule has 1 aliphatic carbocycles. The monoisotopic (exact) mass is 263 g/mol. The Hall–Kier alpha value is -1.79. The standard InChI is InChI=1S/C11H9F4NO2/c12-7-3-4-9(18-11(13,14)15)8(5-7)16-10(17)6-1-2-6/h3-6H,1-2H2,(H,16,17). The van der Waals surface area contributed by atoms with Gasteiger partial charge in [0.2, 0.25) is 5.91 Å². The van der Waals surface area contributed by atoms with Crippen LogP contribution in [0, 0.1) is 11.7 Å². The largest absolute Gasteiger partial charge is 0.573 e. The fourth-order valence-electron chi connectivity index (χ4n) is 1.39. The zero-order valence-electron chi connectivity index (χ0n) is 9.05. The summed E-state index contributed by atoms with van der Waals surface area (Å²) in [6, 6.07) is 2.44. The fourth-order valence-corrected chi connectivity index (χ4v) is 1.39. The van der Waals surface area contributed by atoms with Crippen molar-refractivity contribution >= 4 is 11.6 Å². The Labute approximate surface area is 99.7 Å². The molecule has 0 saturated heterocycles. The molecule has 1 saturated carbocycles. The molecule has 1 aliphatic rings. The molecule has 0 bridgehead atoms. The summed E-state index contributed by atoms with van der Waals surface area (Å²) in [5.74, 6) is -2.01. The van der Waals surface area contributed by atoms with Crippen LogP contribution in [0.4, 0.5) is 23.2 Å². The van der Waals surface area contributed by atoms with Crippen LogP contribution in [0.5, 0.6) is 5.75 Å². The molecule has 1 aromatic rings. The summed E-state index contributed by atoms with van der Waals surface area (Å²) in [6.45, 7) is 0. The topological polar surface area (TPSA) is 38.3 Å². The number of nitrogens with one attached hydrogen (secondary N) is 1. The van der Waals surface area contributed by atoms with E-state index in [2.05, 4.69) is 10.1 Å². The maximum absolute atomic E-state index is 13.0. The average molecular weight is 263 g/mol. The maximum Gasteiger partial charge on any atom is 0.573 e. The van der Waals surface area contributed by atoms with Crippen molar-refractivity contribution in [1.82, 2.24) is 0 Å². The zero-order valence-corrected chi connectivity index (χ0v) is 9.05. The highest BCUT2D eigenvalue weighted by Gasteiger charge is 2.34. The maximum atomic E-state index is 13.0. The smallest absolute Gasteiger partial charge is 0.404 e. The molecule has 0 radical (unpaired) electrons. The van der Waals surface area contributed by atoms with Gasteiger partial charge in [-0.05, 0) is 25.0 Å². The average Bonchev–Trinajstić information content (AvgIpc) is 3.03. The van der Waals surface area contributed by atoms with E-state index in [1.54, 1.807) is 0 Å². The van der Waals surface area contributed by atoms with Gasteiger partial charge in [0.15, 0.2) is 5.75 Å². The van der Waals surface area contributed by atoms with Crippen LogP contribution in [0.25, 0.3) is 0 Å². The summed E-state index contributed by atoms with van der Waals surface area (Å²) in [4.78, 5) is 11.4. The Bertz CT molecular complexity index is 469. The molecule has 0 aromatic heterocycles. The lowest BCUT2D eigenvalue weighted by Crippen LogP contribution is -2.20. The van der Waals surface area contributed by atoms with Gasteiger partial charge in [-0.1, -0.05) is 0 Å². The summed E-state index contributed by atoms with van der Waals surface area (Å²) >= 11 is 0. The third kappa shape index (κ3) is 3.35. The molecule has 2 rings (SSSR count). The van der Waals surface area contributed by atoms with Crippen molar-refractivity contribution in [1.29, 1.82) is 0 Å². The molecule has 0 atom stereocenters. The number of alkyl halides is 3. The second kappa shape index (κ2) is 4.47. The second-order valence-electron chi connectivity index (χ2n) is 3.95. The summed E-state index contributed by atoms with van der Waals surface area (Å²) in [5, 5.41) is 2.23. The van der Waals surface area contributed by atoms with Gasteiger partial charge in [0, 0.05) is 12.0 Å². The minimum Gasteiger partial charge on any atom is -0.404 e. The van der Waals surface area contributed by atoms with Gasteiger partial charge in [-0.25, -0.2) is 4.39 Å². The van der Waals surface area contributed by atoms with E-state index in [0.717, 1.165) is 18.2 Å². The van der Waals surface area contributed by atoms with Crippen LogP contribution in [-0.4, -0.2) is 12.3 Å². The van der Waals surface area contributed by atoms with Crippen LogP contribution in [0.15, 0.2) is 18.2 Å². The molecule has 7 heteroatoms. The molecule has 1 aromatic carbocycles. The predicted octanol–water partition coefficient (Wildman–Crippen LogP) is 3.07. The lowest BCUT2D eigenvalue weighted by molar-refractivity contribution is -0.274. The van der Waals surface area contributed by atoms with E-state index < -0.39 is 23.8 Å². The van der Waals surface area contributed by atoms with Crippen molar-refractivity contribution in [2.45, 2.75) is 19.2 Å². The summed E-state index contributed by atoms with van der Waals surface area (Å²) in [7, 11) is 0. The molecule has 0 spiro atoms. The number of hydrogen-bond acceptors (Lipinski definition) is 2. The lowest BCUT2D eigenvalue weighted by Gasteiger charge is -2.13. The van der Waals surface area contributed by atoms with Gasteiger partial charge >= 0.3 is 6.36 Å². The number of benzene rings is 1. The molecule has 3 nitrogen and oxygen atoms in total. The first-order valence-electron chi connectivity index (χ1n) is 5.21. The molecular weight excluding hydrogens is 254 g/mol. The van der Waals surface area contributed by atoms with Crippen LogP contribution in [0.1, 0.15) is 12.8 Å². The minimum atomic E-state index is -4.89. The van der Waals surface area contributed by atoms with Crippen molar-refractivity contribution in [3.63, 3.8) is 0 Å². The molecule has 98 valence electrons.